The minimum Gasteiger partial charge on any atom is -0.481 e. The van der Waals surface area contributed by atoms with Gasteiger partial charge in [0.05, 0.1) is 18.0 Å². The van der Waals surface area contributed by atoms with Gasteiger partial charge in [0.2, 0.25) is 5.88 Å². The maximum Gasteiger partial charge on any atom is 0.255 e. The fourth-order valence-electron chi connectivity index (χ4n) is 2.47. The number of aryl methyl sites for hydroxylation is 2. The van der Waals surface area contributed by atoms with Gasteiger partial charge in [-0.3, -0.25) is 4.79 Å². The molecule has 0 radical (unpaired) electrons. The van der Waals surface area contributed by atoms with Crippen molar-refractivity contribution in [2.24, 2.45) is 7.05 Å². The molecule has 0 saturated heterocycles. The molecular weight excluding hydrogens is 278 g/mol. The fraction of sp³-hybridized carbons (Fsp3) is 0.176. The van der Waals surface area contributed by atoms with Crippen molar-refractivity contribution in [2.45, 2.75) is 6.92 Å². The molecule has 1 amide bonds. The number of hydrogen-bond donors (Lipinski definition) is 1. The Hall–Kier alpha value is -2.82. The maximum absolute atomic E-state index is 12.4. The molecule has 3 aromatic rings. The van der Waals surface area contributed by atoms with Crippen LogP contribution in [0.15, 0.2) is 42.5 Å². The predicted octanol–water partition coefficient (Wildman–Crippen LogP) is 3.14. The second-order valence-corrected chi connectivity index (χ2v) is 5.13. The van der Waals surface area contributed by atoms with Gasteiger partial charge >= 0.3 is 0 Å². The summed E-state index contributed by atoms with van der Waals surface area (Å²) in [5.41, 5.74) is 3.14. The number of methoxy groups -OCH3 is 1. The largest absolute Gasteiger partial charge is 0.481 e. The molecule has 0 saturated carbocycles. The summed E-state index contributed by atoms with van der Waals surface area (Å²) in [6.45, 7) is 1.96. The van der Waals surface area contributed by atoms with Crippen LogP contribution < -0.4 is 10.1 Å². The first kappa shape index (κ1) is 14.1. The van der Waals surface area contributed by atoms with E-state index in [-0.39, 0.29) is 5.91 Å². The van der Waals surface area contributed by atoms with Gasteiger partial charge in [-0.15, -0.1) is 0 Å². The van der Waals surface area contributed by atoms with E-state index in [1.54, 1.807) is 23.9 Å². The number of anilines is 1. The predicted molar refractivity (Wildman–Crippen MR) is 86.4 cm³/mol. The van der Waals surface area contributed by atoms with E-state index in [4.69, 9.17) is 4.74 Å². The molecule has 0 spiro atoms. The smallest absolute Gasteiger partial charge is 0.255 e. The van der Waals surface area contributed by atoms with E-state index in [2.05, 4.69) is 10.4 Å². The Morgan fingerprint density at radius 2 is 2.00 bits per heavy atom. The van der Waals surface area contributed by atoms with Gasteiger partial charge in [-0.1, -0.05) is 18.2 Å². The van der Waals surface area contributed by atoms with Crippen molar-refractivity contribution in [3.63, 3.8) is 0 Å². The molecule has 3 rings (SSSR count). The summed E-state index contributed by atoms with van der Waals surface area (Å²) in [6, 6.07) is 13.1. The van der Waals surface area contributed by atoms with E-state index in [1.807, 2.05) is 44.3 Å². The Bertz CT molecular complexity index is 852. The molecule has 5 heteroatoms. The second-order valence-electron chi connectivity index (χ2n) is 5.13. The van der Waals surface area contributed by atoms with Gasteiger partial charge in [0, 0.05) is 18.3 Å². The molecule has 112 valence electrons. The van der Waals surface area contributed by atoms with E-state index in [0.717, 1.165) is 22.2 Å². The Morgan fingerprint density at radius 3 is 2.73 bits per heavy atom. The van der Waals surface area contributed by atoms with Crippen molar-refractivity contribution in [2.75, 3.05) is 12.4 Å². The molecule has 0 fully saturated rings. The van der Waals surface area contributed by atoms with Gasteiger partial charge in [0.1, 0.15) is 0 Å². The van der Waals surface area contributed by atoms with E-state index in [0.29, 0.717) is 11.4 Å². The summed E-state index contributed by atoms with van der Waals surface area (Å²) in [5.74, 6) is 0.529. The number of para-hydroxylation sites is 1. The number of nitrogens with zero attached hydrogens (tertiary/aromatic N) is 2. The Kier molecular flexibility index (Phi) is 3.55. The van der Waals surface area contributed by atoms with Crippen LogP contribution in [0, 0.1) is 6.92 Å². The lowest BCUT2D eigenvalue weighted by atomic mass is 10.1. The van der Waals surface area contributed by atoms with Gasteiger partial charge < -0.3 is 10.1 Å². The second kappa shape index (κ2) is 5.52. The summed E-state index contributed by atoms with van der Waals surface area (Å²) in [4.78, 5) is 12.4. The van der Waals surface area contributed by atoms with Crippen LogP contribution in [0.2, 0.25) is 0 Å². The zero-order valence-electron chi connectivity index (χ0n) is 12.8. The number of rotatable bonds is 3. The van der Waals surface area contributed by atoms with E-state index in [9.17, 15) is 4.79 Å². The zero-order chi connectivity index (χ0) is 15.7. The molecule has 1 aromatic heterocycles. The summed E-state index contributed by atoms with van der Waals surface area (Å²) in [5, 5.41) is 8.17. The number of benzene rings is 2. The van der Waals surface area contributed by atoms with Gasteiger partial charge in [0.15, 0.2) is 0 Å². The Morgan fingerprint density at radius 1 is 1.23 bits per heavy atom. The molecule has 1 N–H and O–H groups in total. The summed E-state index contributed by atoms with van der Waals surface area (Å²) >= 11 is 0. The van der Waals surface area contributed by atoms with Crippen LogP contribution in [0.4, 0.5) is 5.69 Å². The van der Waals surface area contributed by atoms with Crippen LogP contribution in [0.5, 0.6) is 5.88 Å². The van der Waals surface area contributed by atoms with Crippen molar-refractivity contribution in [1.29, 1.82) is 0 Å². The van der Waals surface area contributed by atoms with Gasteiger partial charge in [-0.25, -0.2) is 4.68 Å². The highest BCUT2D eigenvalue weighted by atomic mass is 16.5. The third-order valence-electron chi connectivity index (χ3n) is 3.63. The highest BCUT2D eigenvalue weighted by Crippen LogP contribution is 2.25. The third-order valence-corrected chi connectivity index (χ3v) is 3.63. The number of nitrogens with one attached hydrogen (secondary N) is 1. The lowest BCUT2D eigenvalue weighted by Gasteiger charge is -2.08. The van der Waals surface area contributed by atoms with Gasteiger partial charge in [0.25, 0.3) is 5.91 Å². The van der Waals surface area contributed by atoms with Crippen LogP contribution in [0.25, 0.3) is 10.9 Å². The SMILES string of the molecule is COc1c2ccc(C(=O)Nc3ccccc3C)cc2nn1C. The fourth-order valence-corrected chi connectivity index (χ4v) is 2.47. The Balaban J connectivity index is 1.93. The lowest BCUT2D eigenvalue weighted by Crippen LogP contribution is -2.12. The molecule has 2 aromatic carbocycles. The number of fused-ring (bicyclic) bond motifs is 1. The number of ether oxygens (including phenoxy) is 1. The first-order valence-electron chi connectivity index (χ1n) is 6.98. The van der Waals surface area contributed by atoms with Crippen molar-refractivity contribution < 1.29 is 9.53 Å². The van der Waals surface area contributed by atoms with Crippen LogP contribution in [-0.2, 0) is 7.05 Å². The van der Waals surface area contributed by atoms with Crippen LogP contribution >= 0.6 is 0 Å². The van der Waals surface area contributed by atoms with E-state index < -0.39 is 0 Å². The van der Waals surface area contributed by atoms with Crippen LogP contribution in [0.1, 0.15) is 15.9 Å². The van der Waals surface area contributed by atoms with Crippen molar-refractivity contribution in [1.82, 2.24) is 9.78 Å². The standard InChI is InChI=1S/C17H17N3O2/c1-11-6-4-5-7-14(11)18-16(21)12-8-9-13-15(10-12)19-20(2)17(13)22-3/h4-10H,1-3H3,(H,18,21). The highest BCUT2D eigenvalue weighted by Gasteiger charge is 2.13. The minimum atomic E-state index is -0.152. The topological polar surface area (TPSA) is 56.1 Å². The summed E-state index contributed by atoms with van der Waals surface area (Å²) in [7, 11) is 3.42. The van der Waals surface area contributed by atoms with Crippen LogP contribution in [-0.4, -0.2) is 22.8 Å². The number of carbonyl (C=O) groups excluding carboxylic acids is 1. The molecule has 1 heterocycles. The molecular formula is C17H17N3O2. The average Bonchev–Trinajstić information content (AvgIpc) is 2.83. The first-order valence-corrected chi connectivity index (χ1v) is 6.98. The molecule has 0 aliphatic heterocycles. The first-order chi connectivity index (χ1) is 10.6. The zero-order valence-corrected chi connectivity index (χ0v) is 12.8. The van der Waals surface area contributed by atoms with E-state index >= 15 is 0 Å². The number of amides is 1. The number of carbonyl (C=O) groups is 1. The van der Waals surface area contributed by atoms with E-state index in [1.165, 1.54) is 0 Å². The lowest BCUT2D eigenvalue weighted by molar-refractivity contribution is 0.102. The quantitative estimate of drug-likeness (QED) is 0.807. The van der Waals surface area contributed by atoms with Crippen molar-refractivity contribution in [3.8, 4) is 5.88 Å². The van der Waals surface area contributed by atoms with Crippen molar-refractivity contribution in [3.05, 3.63) is 53.6 Å². The monoisotopic (exact) mass is 295 g/mol. The maximum atomic E-state index is 12.4. The Labute approximate surface area is 128 Å². The highest BCUT2D eigenvalue weighted by molar-refractivity contribution is 6.06. The molecule has 5 nitrogen and oxygen atoms in total. The normalized spacial score (nSPS) is 10.7. The molecule has 0 bridgehead atoms. The average molecular weight is 295 g/mol. The van der Waals surface area contributed by atoms with Crippen LogP contribution in [0.3, 0.4) is 0 Å². The number of hydrogen-bond acceptors (Lipinski definition) is 3. The minimum absolute atomic E-state index is 0.152. The molecule has 0 aliphatic carbocycles. The third kappa shape index (κ3) is 2.41. The molecule has 0 unspecified atom stereocenters. The number of aromatic nitrogens is 2. The summed E-state index contributed by atoms with van der Waals surface area (Å²) < 4.78 is 6.97. The molecule has 22 heavy (non-hydrogen) atoms. The molecule has 0 aliphatic rings. The van der Waals surface area contributed by atoms with Gasteiger partial charge in [-0.05, 0) is 36.8 Å². The van der Waals surface area contributed by atoms with Crippen molar-refractivity contribution >= 4 is 22.5 Å². The van der Waals surface area contributed by atoms with Gasteiger partial charge in [-0.2, -0.15) is 5.10 Å². The summed E-state index contributed by atoms with van der Waals surface area (Å²) in [6.07, 6.45) is 0. The molecule has 0 atom stereocenters.